The third-order valence-electron chi connectivity index (χ3n) is 3.17. The van der Waals surface area contributed by atoms with Gasteiger partial charge in [0.2, 0.25) is 5.91 Å². The highest BCUT2D eigenvalue weighted by molar-refractivity contribution is 5.96. The van der Waals surface area contributed by atoms with Crippen LogP contribution < -0.4 is 10.6 Å². The van der Waals surface area contributed by atoms with E-state index in [1.165, 1.54) is 0 Å². The van der Waals surface area contributed by atoms with Crippen molar-refractivity contribution in [1.82, 2.24) is 10.6 Å². The molecule has 120 valence electrons. The van der Waals surface area contributed by atoms with Crippen LogP contribution in [0.15, 0.2) is 48.5 Å². The molecule has 23 heavy (non-hydrogen) atoms. The minimum atomic E-state index is -0.525. The fourth-order valence-electron chi connectivity index (χ4n) is 1.99. The Morgan fingerprint density at radius 2 is 1.70 bits per heavy atom. The van der Waals surface area contributed by atoms with E-state index >= 15 is 0 Å². The zero-order valence-electron chi connectivity index (χ0n) is 12.3. The van der Waals surface area contributed by atoms with Crippen molar-refractivity contribution in [3.8, 4) is 0 Å². The third kappa shape index (κ3) is 5.18. The van der Waals surface area contributed by atoms with Crippen LogP contribution in [0.2, 0.25) is 0 Å². The molecule has 0 aromatic heterocycles. The van der Waals surface area contributed by atoms with Gasteiger partial charge in [0.1, 0.15) is 11.6 Å². The number of benzene rings is 2. The van der Waals surface area contributed by atoms with Crippen molar-refractivity contribution in [2.45, 2.75) is 6.42 Å². The number of carbonyl (C=O) groups excluding carboxylic acids is 2. The van der Waals surface area contributed by atoms with E-state index in [2.05, 4.69) is 10.6 Å². The summed E-state index contributed by atoms with van der Waals surface area (Å²) in [7, 11) is 0. The Balaban J connectivity index is 1.73. The quantitative estimate of drug-likeness (QED) is 0.856. The molecule has 0 heterocycles. The van der Waals surface area contributed by atoms with Gasteiger partial charge in [-0.15, -0.1) is 0 Å². The van der Waals surface area contributed by atoms with Gasteiger partial charge in [0.15, 0.2) is 0 Å². The van der Waals surface area contributed by atoms with E-state index < -0.39 is 17.5 Å². The van der Waals surface area contributed by atoms with Gasteiger partial charge in [-0.05, 0) is 42.3 Å². The highest BCUT2D eigenvalue weighted by Gasteiger charge is 2.08. The van der Waals surface area contributed by atoms with Crippen LogP contribution in [-0.4, -0.2) is 24.9 Å². The van der Waals surface area contributed by atoms with E-state index in [0.717, 1.165) is 18.2 Å². The molecule has 0 bridgehead atoms. The van der Waals surface area contributed by atoms with Crippen molar-refractivity contribution in [3.05, 3.63) is 71.3 Å². The summed E-state index contributed by atoms with van der Waals surface area (Å²) in [5.41, 5.74) is 0.653. The van der Waals surface area contributed by atoms with E-state index in [1.54, 1.807) is 30.3 Å². The number of halogens is 2. The summed E-state index contributed by atoms with van der Waals surface area (Å²) >= 11 is 0. The van der Waals surface area contributed by atoms with Crippen molar-refractivity contribution in [2.75, 3.05) is 13.1 Å². The molecular weight excluding hydrogens is 302 g/mol. The van der Waals surface area contributed by atoms with Gasteiger partial charge in [-0.25, -0.2) is 8.78 Å². The van der Waals surface area contributed by atoms with Crippen LogP contribution in [0.3, 0.4) is 0 Å². The van der Waals surface area contributed by atoms with E-state index in [0.29, 0.717) is 5.56 Å². The van der Waals surface area contributed by atoms with Gasteiger partial charge in [-0.2, -0.15) is 0 Å². The van der Waals surface area contributed by atoms with E-state index in [-0.39, 0.29) is 31.0 Å². The van der Waals surface area contributed by atoms with Crippen LogP contribution in [0.1, 0.15) is 15.9 Å². The molecule has 0 unspecified atom stereocenters. The summed E-state index contributed by atoms with van der Waals surface area (Å²) in [4.78, 5) is 23.4. The number of carbonyl (C=O) groups is 2. The lowest BCUT2D eigenvalue weighted by molar-refractivity contribution is -0.120. The van der Waals surface area contributed by atoms with Gasteiger partial charge in [-0.3, -0.25) is 9.59 Å². The minimum Gasteiger partial charge on any atom is -0.354 e. The monoisotopic (exact) mass is 318 g/mol. The first-order chi connectivity index (χ1) is 11.1. The third-order valence-corrected chi connectivity index (χ3v) is 3.17. The first-order valence-electron chi connectivity index (χ1n) is 7.10. The second-order valence-electron chi connectivity index (χ2n) is 4.88. The molecule has 0 aliphatic rings. The van der Waals surface area contributed by atoms with Gasteiger partial charge >= 0.3 is 0 Å². The van der Waals surface area contributed by atoms with Crippen LogP contribution in [0.5, 0.6) is 0 Å². The molecule has 0 aliphatic carbocycles. The van der Waals surface area contributed by atoms with E-state index in [1.807, 2.05) is 0 Å². The summed E-state index contributed by atoms with van der Waals surface area (Å²) in [6, 6.07) is 11.7. The molecule has 2 aromatic rings. The molecule has 0 radical (unpaired) electrons. The van der Waals surface area contributed by atoms with E-state index in [9.17, 15) is 18.4 Å². The summed E-state index contributed by atoms with van der Waals surface area (Å²) in [6.07, 6.45) is 0.169. The maximum atomic E-state index is 13.4. The second-order valence-corrected chi connectivity index (χ2v) is 4.88. The summed E-state index contributed by atoms with van der Waals surface area (Å²) in [5, 5.41) is 5.02. The van der Waals surface area contributed by atoms with E-state index in [4.69, 9.17) is 0 Å². The van der Waals surface area contributed by atoms with Crippen LogP contribution in [0, 0.1) is 11.6 Å². The first kappa shape index (κ1) is 16.6. The largest absolute Gasteiger partial charge is 0.354 e. The summed E-state index contributed by atoms with van der Waals surface area (Å²) in [5.74, 6) is -1.79. The molecule has 0 fully saturated rings. The first-order valence-corrected chi connectivity index (χ1v) is 7.10. The molecule has 0 saturated heterocycles. The van der Waals surface area contributed by atoms with Gasteiger partial charge in [-0.1, -0.05) is 18.2 Å². The van der Waals surface area contributed by atoms with Crippen molar-refractivity contribution in [3.63, 3.8) is 0 Å². The maximum Gasteiger partial charge on any atom is 0.251 e. The lowest BCUT2D eigenvalue weighted by Crippen LogP contribution is -2.37. The smallest absolute Gasteiger partial charge is 0.251 e. The molecular formula is C17H16F2N2O2. The molecule has 0 aliphatic heterocycles. The topological polar surface area (TPSA) is 58.2 Å². The lowest BCUT2D eigenvalue weighted by Gasteiger charge is -2.08. The highest BCUT2D eigenvalue weighted by atomic mass is 19.1. The predicted molar refractivity (Wildman–Crippen MR) is 81.8 cm³/mol. The Labute approximate surface area is 132 Å². The summed E-state index contributed by atoms with van der Waals surface area (Å²) < 4.78 is 26.4. The van der Waals surface area contributed by atoms with Gasteiger partial charge in [0, 0.05) is 12.1 Å². The van der Waals surface area contributed by atoms with Crippen LogP contribution in [-0.2, 0) is 11.2 Å². The molecule has 0 atom stereocenters. The molecule has 0 saturated carbocycles. The van der Waals surface area contributed by atoms with Crippen LogP contribution in [0.4, 0.5) is 8.78 Å². The fourth-order valence-corrected chi connectivity index (χ4v) is 1.99. The average Bonchev–Trinajstić information content (AvgIpc) is 2.56. The maximum absolute atomic E-state index is 13.4. The van der Waals surface area contributed by atoms with Crippen LogP contribution in [0.25, 0.3) is 0 Å². The Kier molecular flexibility index (Phi) is 5.80. The zero-order chi connectivity index (χ0) is 16.7. The number of amides is 2. The SMILES string of the molecule is O=C(CNC(=O)c1ccccc1)NCCc1cc(F)ccc1F. The lowest BCUT2D eigenvalue weighted by atomic mass is 10.1. The van der Waals surface area contributed by atoms with Crippen molar-refractivity contribution in [2.24, 2.45) is 0 Å². The predicted octanol–water partition coefficient (Wildman–Crippen LogP) is 2.05. The number of nitrogens with one attached hydrogen (secondary N) is 2. The Morgan fingerprint density at radius 1 is 0.957 bits per heavy atom. The molecule has 2 rings (SSSR count). The van der Waals surface area contributed by atoms with Gasteiger partial charge in [0.25, 0.3) is 5.91 Å². The number of rotatable bonds is 6. The van der Waals surface area contributed by atoms with Gasteiger partial charge < -0.3 is 10.6 Å². The molecule has 4 nitrogen and oxygen atoms in total. The molecule has 0 spiro atoms. The minimum absolute atomic E-state index is 0.153. The Bertz CT molecular complexity index is 690. The number of hydrogen-bond acceptors (Lipinski definition) is 2. The average molecular weight is 318 g/mol. The Hall–Kier alpha value is -2.76. The molecule has 6 heteroatoms. The fraction of sp³-hybridized carbons (Fsp3) is 0.176. The molecule has 2 amide bonds. The second kappa shape index (κ2) is 8.03. The van der Waals surface area contributed by atoms with Crippen LogP contribution >= 0.6 is 0 Å². The standard InChI is InChI=1S/C17H16F2N2O2/c18-14-6-7-15(19)13(10-14)8-9-20-16(22)11-21-17(23)12-4-2-1-3-5-12/h1-7,10H,8-9,11H2,(H,20,22)(H,21,23). The zero-order valence-corrected chi connectivity index (χ0v) is 12.3. The van der Waals surface area contributed by atoms with Crippen molar-refractivity contribution in [1.29, 1.82) is 0 Å². The molecule has 2 aromatic carbocycles. The summed E-state index contributed by atoms with van der Waals surface area (Å²) in [6.45, 7) is -0.0280. The van der Waals surface area contributed by atoms with Gasteiger partial charge in [0.05, 0.1) is 6.54 Å². The van der Waals surface area contributed by atoms with Crippen molar-refractivity contribution < 1.29 is 18.4 Å². The number of hydrogen-bond donors (Lipinski definition) is 2. The molecule has 2 N–H and O–H groups in total. The van der Waals surface area contributed by atoms with Crippen molar-refractivity contribution >= 4 is 11.8 Å². The Morgan fingerprint density at radius 3 is 2.43 bits per heavy atom. The highest BCUT2D eigenvalue weighted by Crippen LogP contribution is 2.09. The normalized spacial score (nSPS) is 10.2.